The molecule has 0 aliphatic heterocycles. The van der Waals surface area contributed by atoms with Crippen molar-refractivity contribution in [2.75, 3.05) is 0 Å². The van der Waals surface area contributed by atoms with Gasteiger partial charge in [-0.2, -0.15) is 0 Å². The summed E-state index contributed by atoms with van der Waals surface area (Å²) in [6.07, 6.45) is 53.1. The van der Waals surface area contributed by atoms with Crippen molar-refractivity contribution >= 4 is 13.3 Å². The molecule has 11 aromatic carbocycles. The molecule has 622 valence electrons. The van der Waals surface area contributed by atoms with Crippen molar-refractivity contribution in [3.63, 3.8) is 0 Å². The van der Waals surface area contributed by atoms with Crippen molar-refractivity contribution in [2.24, 2.45) is 0 Å². The number of benzene rings is 11. The van der Waals surface area contributed by atoms with Gasteiger partial charge in [0.15, 0.2) is 0 Å². The summed E-state index contributed by atoms with van der Waals surface area (Å²) in [5.74, 6) is 0. The normalized spacial score (nSPS) is 15.1. The first-order valence-corrected chi connectivity index (χ1v) is 49.1. The summed E-state index contributed by atoms with van der Waals surface area (Å²) in [7, 11) is 6.28. The predicted octanol–water partition coefficient (Wildman–Crippen LogP) is 35.7. The quantitative estimate of drug-likeness (QED) is 0.0263. The molecule has 4 aliphatic rings. The largest absolute Gasteiger partial charge is 0.113 e. The molecule has 15 rings (SSSR count). The van der Waals surface area contributed by atoms with Crippen molar-refractivity contribution in [1.29, 1.82) is 0 Å². The Morgan fingerprint density at radius 3 is 0.600 bits per heavy atom. The third-order valence-corrected chi connectivity index (χ3v) is 29.8. The van der Waals surface area contributed by atoms with Crippen molar-refractivity contribution < 1.29 is 0 Å². The van der Waals surface area contributed by atoms with Crippen LogP contribution in [0.5, 0.6) is 0 Å². The van der Waals surface area contributed by atoms with Gasteiger partial charge in [0, 0.05) is 21.7 Å². The van der Waals surface area contributed by atoms with Gasteiger partial charge in [-0.3, -0.25) is 0 Å². The molecule has 0 heterocycles. The Morgan fingerprint density at radius 1 is 0.175 bits per heavy atom. The smallest absolute Gasteiger partial charge is 0.0966 e. The first kappa shape index (κ1) is 86.4. The maximum atomic E-state index is 6.28. The molecule has 120 heavy (non-hydrogen) atoms. The second-order valence-corrected chi connectivity index (χ2v) is 38.3. The summed E-state index contributed by atoms with van der Waals surface area (Å²) >= 11 is 0. The van der Waals surface area contributed by atoms with Crippen LogP contribution in [-0.4, -0.2) is 7.85 Å². The van der Waals surface area contributed by atoms with E-state index in [4.69, 9.17) is 7.85 Å². The van der Waals surface area contributed by atoms with Crippen molar-refractivity contribution in [2.45, 2.75) is 340 Å². The average Bonchev–Trinajstić information content (AvgIpc) is 1.57. The van der Waals surface area contributed by atoms with Gasteiger partial charge in [0.05, 0.1) is 0 Å². The van der Waals surface area contributed by atoms with Crippen LogP contribution in [0.3, 0.4) is 0 Å². The second-order valence-electron chi connectivity index (χ2n) is 38.3. The van der Waals surface area contributed by atoms with Gasteiger partial charge in [0.1, 0.15) is 7.85 Å². The summed E-state index contributed by atoms with van der Waals surface area (Å²) in [5, 5.41) is 0. The molecule has 0 bridgehead atoms. The van der Waals surface area contributed by atoms with Gasteiger partial charge < -0.3 is 0 Å². The first-order valence-electron chi connectivity index (χ1n) is 49.1. The summed E-state index contributed by atoms with van der Waals surface area (Å²) in [4.78, 5) is 0. The summed E-state index contributed by atoms with van der Waals surface area (Å²) in [6.45, 7) is 19.0. The zero-order valence-corrected chi connectivity index (χ0v) is 75.4. The molecule has 0 spiro atoms. The van der Waals surface area contributed by atoms with Gasteiger partial charge >= 0.3 is 0 Å². The Morgan fingerprint density at radius 2 is 0.350 bits per heavy atom. The molecule has 0 N–H and O–H groups in total. The molecule has 1 unspecified atom stereocenters. The van der Waals surface area contributed by atoms with Crippen LogP contribution in [0.2, 0.25) is 0 Å². The fourth-order valence-corrected chi connectivity index (χ4v) is 22.9. The van der Waals surface area contributed by atoms with Gasteiger partial charge in [-0.1, -0.05) is 468 Å². The van der Waals surface area contributed by atoms with E-state index < -0.39 is 0 Å². The zero-order chi connectivity index (χ0) is 82.9. The number of rotatable bonds is 47. The molecular weight excluding hydrogens is 1440 g/mol. The summed E-state index contributed by atoms with van der Waals surface area (Å²) in [5.41, 5.74) is 40.1. The van der Waals surface area contributed by atoms with E-state index in [0.717, 1.165) is 5.46 Å². The lowest BCUT2D eigenvalue weighted by atomic mass is 9.69. The van der Waals surface area contributed by atoms with Crippen LogP contribution < -0.4 is 5.46 Å². The molecule has 4 aliphatic carbocycles. The second kappa shape index (κ2) is 40.7. The molecule has 0 fully saturated rings. The van der Waals surface area contributed by atoms with Crippen LogP contribution in [0.15, 0.2) is 224 Å². The monoisotopic (exact) mass is 1580 g/mol. The standard InChI is InChI=1S/C119H143B/c1-9-15-21-27-33-41-74-117(75-42-34-28-22-16-10-2)108-47-39-38-46-100(108)103-73-64-98(86-111(103)117)97-63-68-102-101-67-58-92(80-109(101)116(7,8)110(102)81-97)87-48-50-88(51-49-87)93-59-69-104-105-70-60-95(84-114(105)119(113(104)83-93,78-44-36-30-24-18-12-4)79-45-37-31-25-19-13-5)90-54-52-89(53-55-90)94-61-71-106-107-72-62-96(91-56-65-99(120)66-57-91)85-115(107)118(112(106)82-94,76-40-32-26-20-14-6)77-43-35-29-23-17-11-3/h38-39,46-73,80-86H,9-37,40-45,74-79H2,1-8H3. The molecule has 0 saturated carbocycles. The number of unbranched alkanes of at least 4 members (excludes halogenated alkanes) is 29. The maximum Gasteiger partial charge on any atom is 0.113 e. The lowest BCUT2D eigenvalue weighted by molar-refractivity contribution is 0.398. The van der Waals surface area contributed by atoms with E-state index in [1.54, 1.807) is 33.4 Å². The van der Waals surface area contributed by atoms with Crippen LogP contribution in [0.25, 0.3) is 111 Å². The first-order chi connectivity index (χ1) is 58.9. The van der Waals surface area contributed by atoms with Crippen molar-refractivity contribution in [3.8, 4) is 111 Å². The highest BCUT2D eigenvalue weighted by atomic mass is 14.5. The number of hydrogen-bond donors (Lipinski definition) is 0. The minimum Gasteiger partial charge on any atom is -0.0966 e. The number of fused-ring (bicyclic) bond motifs is 12. The predicted molar refractivity (Wildman–Crippen MR) is 524 cm³/mol. The van der Waals surface area contributed by atoms with Crippen molar-refractivity contribution in [3.05, 3.63) is 269 Å². The molecule has 1 atom stereocenters. The minimum absolute atomic E-state index is 0.0382. The van der Waals surface area contributed by atoms with Crippen LogP contribution in [0.1, 0.15) is 363 Å². The average molecular weight is 1580 g/mol. The van der Waals surface area contributed by atoms with E-state index in [1.807, 2.05) is 0 Å². The zero-order valence-electron chi connectivity index (χ0n) is 75.4. The van der Waals surface area contributed by atoms with Gasteiger partial charge in [-0.15, -0.1) is 0 Å². The van der Waals surface area contributed by atoms with Crippen molar-refractivity contribution in [1.82, 2.24) is 0 Å². The highest BCUT2D eigenvalue weighted by Gasteiger charge is 2.46. The fourth-order valence-electron chi connectivity index (χ4n) is 22.9. The molecule has 0 amide bonds. The topological polar surface area (TPSA) is 0 Å². The van der Waals surface area contributed by atoms with E-state index in [1.165, 1.54) is 386 Å². The molecule has 11 aromatic rings. The lowest BCUT2D eigenvalue weighted by Gasteiger charge is -2.33. The SMILES string of the molecule is [B]c1ccc(-c2ccc3c(c2)C(CCCCCCC)(CCCCCCCC)c2cc(-c4ccc(-c5ccc6c(c5)C(CCCCCCCC)(CCCCCCCC)c5cc(-c7ccc(-c8ccc9c(c8)C(C)(C)c8cc(-c%10ccc%11c(c%10)C(CCCCCCCC)(CCCCCCCC)c%10ccccc%10-%11)ccc8-9)cc7)ccc5-6)cc4)ccc2-3)cc1. The van der Waals surface area contributed by atoms with Crippen LogP contribution >= 0.6 is 0 Å². The Kier molecular flexibility index (Phi) is 29.3. The Hall–Kier alpha value is -8.52. The van der Waals surface area contributed by atoms with Gasteiger partial charge in [-0.05, 0) is 237 Å². The van der Waals surface area contributed by atoms with Gasteiger partial charge in [0.2, 0.25) is 0 Å². The Bertz CT molecular complexity index is 5160. The summed E-state index contributed by atoms with van der Waals surface area (Å²) in [6, 6.07) is 90.3. The molecular formula is C119H143B. The molecule has 0 saturated heterocycles. The third-order valence-electron chi connectivity index (χ3n) is 29.8. The Labute approximate surface area is 728 Å². The third kappa shape index (κ3) is 18.4. The van der Waals surface area contributed by atoms with Gasteiger partial charge in [-0.25, -0.2) is 0 Å². The fraction of sp³-hybridized carbons (Fsp3) is 0.445. The maximum absolute atomic E-state index is 6.28. The van der Waals surface area contributed by atoms with Crippen LogP contribution in [-0.2, 0) is 21.7 Å². The van der Waals surface area contributed by atoms with Gasteiger partial charge in [0.25, 0.3) is 0 Å². The molecule has 1 heteroatoms. The molecule has 2 radical (unpaired) electrons. The van der Waals surface area contributed by atoms with Crippen LogP contribution in [0.4, 0.5) is 0 Å². The molecule has 0 aromatic heterocycles. The number of hydrogen-bond acceptors (Lipinski definition) is 0. The minimum atomic E-state index is -0.161. The Balaban J connectivity index is 0.713. The van der Waals surface area contributed by atoms with E-state index >= 15 is 0 Å². The highest BCUT2D eigenvalue weighted by molar-refractivity contribution is 6.32. The van der Waals surface area contributed by atoms with Crippen LogP contribution in [0, 0.1) is 0 Å². The van der Waals surface area contributed by atoms with E-state index in [-0.39, 0.29) is 21.7 Å². The molecule has 0 nitrogen and oxygen atoms in total. The lowest BCUT2D eigenvalue weighted by Crippen LogP contribution is -2.25. The summed E-state index contributed by atoms with van der Waals surface area (Å²) < 4.78 is 0. The van der Waals surface area contributed by atoms with E-state index in [2.05, 4.69) is 280 Å². The highest BCUT2D eigenvalue weighted by Crippen LogP contribution is 2.60. The van der Waals surface area contributed by atoms with E-state index in [0.29, 0.717) is 0 Å². The van der Waals surface area contributed by atoms with E-state index in [9.17, 15) is 0 Å².